The SMILES string of the molecule is CC(=O)n1cc(C2=NC(Cc3ccccc3C)C(=O)Nc3ccc(Cl)cc32)cn1. The van der Waals surface area contributed by atoms with Crippen molar-refractivity contribution in [1.29, 1.82) is 0 Å². The van der Waals surface area contributed by atoms with Crippen LogP contribution in [0.1, 0.15) is 34.0 Å². The first kappa shape index (κ1) is 19.1. The van der Waals surface area contributed by atoms with E-state index in [1.807, 2.05) is 31.2 Å². The summed E-state index contributed by atoms with van der Waals surface area (Å²) in [6.07, 6.45) is 3.66. The number of hydrogen-bond acceptors (Lipinski definition) is 4. The highest BCUT2D eigenvalue weighted by Gasteiger charge is 2.27. The Labute approximate surface area is 173 Å². The van der Waals surface area contributed by atoms with Crippen LogP contribution in [-0.2, 0) is 11.2 Å². The number of carbonyl (C=O) groups excluding carboxylic acids is 2. The van der Waals surface area contributed by atoms with Gasteiger partial charge in [-0.05, 0) is 36.2 Å². The predicted octanol–water partition coefficient (Wildman–Crippen LogP) is 3.91. The monoisotopic (exact) mass is 406 g/mol. The lowest BCUT2D eigenvalue weighted by Gasteiger charge is -2.12. The Morgan fingerprint density at radius 1 is 1.24 bits per heavy atom. The molecule has 1 N–H and O–H groups in total. The second kappa shape index (κ2) is 7.64. The summed E-state index contributed by atoms with van der Waals surface area (Å²) in [5.74, 6) is -0.395. The van der Waals surface area contributed by atoms with Crippen LogP contribution in [0, 0.1) is 6.92 Å². The van der Waals surface area contributed by atoms with Crippen LogP contribution in [0.15, 0.2) is 59.9 Å². The molecule has 146 valence electrons. The number of amides is 1. The van der Waals surface area contributed by atoms with Gasteiger partial charge < -0.3 is 5.32 Å². The van der Waals surface area contributed by atoms with Crippen LogP contribution < -0.4 is 5.32 Å². The molecule has 29 heavy (non-hydrogen) atoms. The van der Waals surface area contributed by atoms with Crippen molar-refractivity contribution < 1.29 is 9.59 Å². The minimum atomic E-state index is -0.627. The highest BCUT2D eigenvalue weighted by atomic mass is 35.5. The fourth-order valence-corrected chi connectivity index (χ4v) is 3.53. The Morgan fingerprint density at radius 3 is 2.76 bits per heavy atom. The van der Waals surface area contributed by atoms with Crippen LogP contribution in [0.2, 0.25) is 5.02 Å². The molecule has 3 aromatic rings. The van der Waals surface area contributed by atoms with Crippen LogP contribution >= 0.6 is 11.6 Å². The molecule has 1 aromatic heterocycles. The molecular weight excluding hydrogens is 388 g/mol. The number of aryl methyl sites for hydroxylation is 1. The third kappa shape index (κ3) is 3.84. The van der Waals surface area contributed by atoms with Crippen LogP contribution in [0.5, 0.6) is 0 Å². The minimum absolute atomic E-state index is 0.189. The molecule has 6 nitrogen and oxygen atoms in total. The van der Waals surface area contributed by atoms with Crippen molar-refractivity contribution in [3.05, 3.63) is 82.1 Å². The van der Waals surface area contributed by atoms with E-state index in [0.29, 0.717) is 34.0 Å². The Bertz CT molecular complexity index is 1150. The molecule has 1 atom stereocenters. The molecular formula is C22H19ClN4O2. The maximum Gasteiger partial charge on any atom is 0.249 e. The van der Waals surface area contributed by atoms with Crippen LogP contribution in [0.4, 0.5) is 5.69 Å². The number of fused-ring (bicyclic) bond motifs is 1. The molecule has 0 saturated carbocycles. The zero-order chi connectivity index (χ0) is 20.5. The number of anilines is 1. The summed E-state index contributed by atoms with van der Waals surface area (Å²) in [6.45, 7) is 3.45. The average Bonchev–Trinajstić information content (AvgIpc) is 3.13. The largest absolute Gasteiger partial charge is 0.324 e. The molecule has 0 saturated heterocycles. The summed E-state index contributed by atoms with van der Waals surface area (Å²) in [6, 6.07) is 12.5. The molecule has 0 radical (unpaired) electrons. The first-order chi connectivity index (χ1) is 13.9. The van der Waals surface area contributed by atoms with Gasteiger partial charge in [0, 0.05) is 35.7 Å². The van der Waals surface area contributed by atoms with Gasteiger partial charge in [-0.15, -0.1) is 0 Å². The molecule has 1 aliphatic rings. The number of nitrogens with zero attached hydrogens (tertiary/aromatic N) is 3. The van der Waals surface area contributed by atoms with Crippen molar-refractivity contribution in [2.24, 2.45) is 4.99 Å². The molecule has 2 heterocycles. The normalized spacial score (nSPS) is 15.9. The molecule has 1 amide bonds. The predicted molar refractivity (Wildman–Crippen MR) is 113 cm³/mol. The topological polar surface area (TPSA) is 76.3 Å². The van der Waals surface area contributed by atoms with Crippen molar-refractivity contribution in [3.63, 3.8) is 0 Å². The fourth-order valence-electron chi connectivity index (χ4n) is 3.35. The number of carbonyl (C=O) groups is 2. The Kier molecular flexibility index (Phi) is 5.03. The van der Waals surface area contributed by atoms with Crippen molar-refractivity contribution in [3.8, 4) is 0 Å². The number of aliphatic imine (C=N–C) groups is 1. The van der Waals surface area contributed by atoms with E-state index in [1.165, 1.54) is 11.6 Å². The lowest BCUT2D eigenvalue weighted by atomic mass is 10.0. The number of benzene rings is 2. The van der Waals surface area contributed by atoms with Gasteiger partial charge in [0.1, 0.15) is 6.04 Å². The van der Waals surface area contributed by atoms with E-state index in [9.17, 15) is 9.59 Å². The van der Waals surface area contributed by atoms with Gasteiger partial charge >= 0.3 is 0 Å². The van der Waals surface area contributed by atoms with Crippen molar-refractivity contribution in [1.82, 2.24) is 9.78 Å². The van der Waals surface area contributed by atoms with E-state index < -0.39 is 6.04 Å². The van der Waals surface area contributed by atoms with Crippen LogP contribution in [0.25, 0.3) is 0 Å². The lowest BCUT2D eigenvalue weighted by Crippen LogP contribution is -2.27. The number of rotatable bonds is 3. The van der Waals surface area contributed by atoms with Gasteiger partial charge in [-0.2, -0.15) is 5.10 Å². The maximum atomic E-state index is 12.9. The Hall–Kier alpha value is -3.25. The van der Waals surface area contributed by atoms with E-state index in [1.54, 1.807) is 30.6 Å². The van der Waals surface area contributed by atoms with E-state index in [2.05, 4.69) is 10.4 Å². The average molecular weight is 407 g/mol. The first-order valence-corrected chi connectivity index (χ1v) is 9.59. The number of nitrogens with one attached hydrogen (secondary N) is 1. The second-order valence-electron chi connectivity index (χ2n) is 7.00. The van der Waals surface area contributed by atoms with Crippen LogP contribution in [0.3, 0.4) is 0 Å². The summed E-state index contributed by atoms with van der Waals surface area (Å²) < 4.78 is 1.25. The van der Waals surface area contributed by atoms with Crippen molar-refractivity contribution in [2.45, 2.75) is 26.3 Å². The highest BCUT2D eigenvalue weighted by Crippen LogP contribution is 2.28. The van der Waals surface area contributed by atoms with E-state index in [4.69, 9.17) is 16.6 Å². The zero-order valence-electron chi connectivity index (χ0n) is 16.0. The molecule has 2 aromatic carbocycles. The first-order valence-electron chi connectivity index (χ1n) is 9.21. The van der Waals surface area contributed by atoms with E-state index >= 15 is 0 Å². The van der Waals surface area contributed by atoms with Gasteiger partial charge in [0.2, 0.25) is 11.8 Å². The second-order valence-corrected chi connectivity index (χ2v) is 7.43. The summed E-state index contributed by atoms with van der Waals surface area (Å²) in [7, 11) is 0. The van der Waals surface area contributed by atoms with Gasteiger partial charge in [0.05, 0.1) is 17.6 Å². The third-order valence-corrected chi connectivity index (χ3v) is 5.17. The zero-order valence-corrected chi connectivity index (χ0v) is 16.8. The number of aromatic nitrogens is 2. The standard InChI is InChI=1S/C22H19ClN4O2/c1-13-5-3-4-6-15(13)9-20-22(29)26-19-8-7-17(23)10-18(19)21(25-20)16-11-24-27(12-16)14(2)28/h3-8,10-12,20H,9H2,1-2H3,(H,26,29). The smallest absolute Gasteiger partial charge is 0.249 e. The summed E-state index contributed by atoms with van der Waals surface area (Å²) >= 11 is 6.22. The molecule has 7 heteroatoms. The molecule has 0 aliphatic carbocycles. The van der Waals surface area contributed by atoms with Crippen LogP contribution in [-0.4, -0.2) is 33.3 Å². The summed E-state index contributed by atoms with van der Waals surface area (Å²) in [5.41, 5.74) is 4.70. The molecule has 1 aliphatic heterocycles. The Balaban J connectivity index is 1.83. The van der Waals surface area contributed by atoms with Gasteiger partial charge in [-0.1, -0.05) is 35.9 Å². The molecule has 1 unspecified atom stereocenters. The lowest BCUT2D eigenvalue weighted by molar-refractivity contribution is -0.117. The number of hydrogen-bond donors (Lipinski definition) is 1. The van der Waals surface area contributed by atoms with Crippen molar-refractivity contribution >= 4 is 34.8 Å². The van der Waals surface area contributed by atoms with Gasteiger partial charge in [-0.3, -0.25) is 14.6 Å². The fraction of sp³-hybridized carbons (Fsp3) is 0.182. The molecule has 0 bridgehead atoms. The van der Waals surface area contributed by atoms with Gasteiger partial charge in [0.15, 0.2) is 0 Å². The van der Waals surface area contributed by atoms with Gasteiger partial charge in [-0.25, -0.2) is 4.68 Å². The maximum absolute atomic E-state index is 12.9. The van der Waals surface area contributed by atoms with E-state index in [0.717, 1.165) is 11.1 Å². The summed E-state index contributed by atoms with van der Waals surface area (Å²) in [5, 5.41) is 7.60. The molecule has 0 spiro atoms. The molecule has 0 fully saturated rings. The van der Waals surface area contributed by atoms with E-state index in [-0.39, 0.29) is 11.8 Å². The highest BCUT2D eigenvalue weighted by molar-refractivity contribution is 6.32. The number of halogens is 1. The quantitative estimate of drug-likeness (QED) is 0.716. The van der Waals surface area contributed by atoms with Gasteiger partial charge in [0.25, 0.3) is 0 Å². The Morgan fingerprint density at radius 2 is 2.03 bits per heavy atom. The number of benzodiazepines with no additional fused rings is 1. The van der Waals surface area contributed by atoms with Crippen molar-refractivity contribution in [2.75, 3.05) is 5.32 Å². The summed E-state index contributed by atoms with van der Waals surface area (Å²) in [4.78, 5) is 29.4. The third-order valence-electron chi connectivity index (χ3n) is 4.94. The molecule has 4 rings (SSSR count). The minimum Gasteiger partial charge on any atom is -0.324 e.